The van der Waals surface area contributed by atoms with E-state index in [1.165, 1.54) is 0 Å². The van der Waals surface area contributed by atoms with E-state index in [0.29, 0.717) is 6.42 Å². The Morgan fingerprint density at radius 1 is 1.67 bits per heavy atom. The Balaban J connectivity index is 2.20. The van der Waals surface area contributed by atoms with E-state index in [4.69, 9.17) is 9.84 Å². The van der Waals surface area contributed by atoms with Crippen LogP contribution >= 0.6 is 0 Å². The Kier molecular flexibility index (Phi) is 2.73. The van der Waals surface area contributed by atoms with Gasteiger partial charge < -0.3 is 14.9 Å². The lowest BCUT2D eigenvalue weighted by molar-refractivity contribution is -0.143. The molecular weight excluding hydrogens is 196 g/mol. The quantitative estimate of drug-likeness (QED) is 0.655. The van der Waals surface area contributed by atoms with Gasteiger partial charge in [-0.2, -0.15) is 0 Å². The van der Waals surface area contributed by atoms with Crippen molar-refractivity contribution in [3.63, 3.8) is 0 Å². The number of carbonyl (C=O) groups is 1. The van der Waals surface area contributed by atoms with Crippen LogP contribution in [0.25, 0.3) is 0 Å². The zero-order chi connectivity index (χ0) is 11.1. The minimum absolute atomic E-state index is 0.0440. The molecule has 1 aliphatic heterocycles. The number of fused-ring (bicyclic) bond motifs is 1. The van der Waals surface area contributed by atoms with E-state index in [-0.39, 0.29) is 30.0 Å². The fraction of sp³-hybridized carbons (Fsp3) is 0.909. The SMILES string of the molecule is C[C@]1([C@H](O)CO)CCC[C@H]2OC(=O)C[C@H]21. The lowest BCUT2D eigenvalue weighted by atomic mass is 9.63. The van der Waals surface area contributed by atoms with Gasteiger partial charge in [0.05, 0.1) is 19.1 Å². The first kappa shape index (κ1) is 10.9. The molecule has 2 rings (SSSR count). The Labute approximate surface area is 89.2 Å². The molecule has 86 valence electrons. The number of ether oxygens (including phenoxy) is 1. The van der Waals surface area contributed by atoms with E-state index in [9.17, 15) is 9.90 Å². The summed E-state index contributed by atoms with van der Waals surface area (Å²) in [4.78, 5) is 11.2. The smallest absolute Gasteiger partial charge is 0.306 e. The molecule has 0 unspecified atom stereocenters. The van der Waals surface area contributed by atoms with Crippen molar-refractivity contribution in [3.05, 3.63) is 0 Å². The third-order valence-electron chi connectivity index (χ3n) is 4.10. The molecule has 0 aromatic heterocycles. The number of hydrogen-bond acceptors (Lipinski definition) is 4. The topological polar surface area (TPSA) is 66.8 Å². The lowest BCUT2D eigenvalue weighted by Crippen LogP contribution is -2.47. The molecule has 2 fully saturated rings. The fourth-order valence-corrected chi connectivity index (χ4v) is 3.02. The number of aliphatic hydroxyl groups excluding tert-OH is 2. The van der Waals surface area contributed by atoms with E-state index in [0.717, 1.165) is 19.3 Å². The molecule has 0 aromatic rings. The maximum Gasteiger partial charge on any atom is 0.306 e. The molecule has 0 bridgehead atoms. The van der Waals surface area contributed by atoms with Gasteiger partial charge in [-0.1, -0.05) is 6.92 Å². The van der Waals surface area contributed by atoms with E-state index < -0.39 is 6.10 Å². The second-order valence-electron chi connectivity index (χ2n) is 4.94. The average Bonchev–Trinajstić information content (AvgIpc) is 2.59. The largest absolute Gasteiger partial charge is 0.462 e. The number of rotatable bonds is 2. The summed E-state index contributed by atoms with van der Waals surface area (Å²) < 4.78 is 5.22. The third kappa shape index (κ3) is 1.66. The fourth-order valence-electron chi connectivity index (χ4n) is 3.02. The zero-order valence-corrected chi connectivity index (χ0v) is 8.98. The van der Waals surface area contributed by atoms with Gasteiger partial charge in [-0.05, 0) is 19.3 Å². The first-order valence-corrected chi connectivity index (χ1v) is 5.56. The van der Waals surface area contributed by atoms with Crippen LogP contribution in [0.1, 0.15) is 32.6 Å². The highest BCUT2D eigenvalue weighted by Gasteiger charge is 2.51. The summed E-state index contributed by atoms with van der Waals surface area (Å²) >= 11 is 0. The highest BCUT2D eigenvalue weighted by Crippen LogP contribution is 2.49. The van der Waals surface area contributed by atoms with Gasteiger partial charge in [0, 0.05) is 11.3 Å². The van der Waals surface area contributed by atoms with Crippen LogP contribution in [0.2, 0.25) is 0 Å². The summed E-state index contributed by atoms with van der Waals surface area (Å²) in [5, 5.41) is 18.9. The number of aliphatic hydroxyl groups is 2. The lowest BCUT2D eigenvalue weighted by Gasteiger charge is -2.44. The highest BCUT2D eigenvalue weighted by molar-refractivity contribution is 5.72. The van der Waals surface area contributed by atoms with E-state index in [1.807, 2.05) is 6.92 Å². The molecular formula is C11H18O4. The van der Waals surface area contributed by atoms with Gasteiger partial charge in [0.1, 0.15) is 6.10 Å². The molecule has 4 atom stereocenters. The molecule has 1 heterocycles. The van der Waals surface area contributed by atoms with Crippen LogP contribution in [0.3, 0.4) is 0 Å². The standard InChI is InChI=1S/C11H18O4/c1-11(9(13)6-12)4-2-3-8-7(11)5-10(14)15-8/h7-9,12-13H,2-6H2,1H3/t7-,8-,9-,11+/m1/s1. The van der Waals surface area contributed by atoms with Crippen molar-refractivity contribution in [3.8, 4) is 0 Å². The Morgan fingerprint density at radius 2 is 2.40 bits per heavy atom. The van der Waals surface area contributed by atoms with Crippen molar-refractivity contribution >= 4 is 5.97 Å². The van der Waals surface area contributed by atoms with Crippen LogP contribution in [0.5, 0.6) is 0 Å². The molecule has 0 spiro atoms. The van der Waals surface area contributed by atoms with Crippen molar-refractivity contribution in [2.24, 2.45) is 11.3 Å². The summed E-state index contributed by atoms with van der Waals surface area (Å²) in [6, 6.07) is 0. The van der Waals surface area contributed by atoms with Crippen LogP contribution in [0.4, 0.5) is 0 Å². The first-order valence-electron chi connectivity index (χ1n) is 5.56. The molecule has 15 heavy (non-hydrogen) atoms. The van der Waals surface area contributed by atoms with Crippen LogP contribution in [0.15, 0.2) is 0 Å². The van der Waals surface area contributed by atoms with Gasteiger partial charge in [-0.15, -0.1) is 0 Å². The van der Waals surface area contributed by atoms with E-state index >= 15 is 0 Å². The Hall–Kier alpha value is -0.610. The molecule has 0 amide bonds. The van der Waals surface area contributed by atoms with Crippen LogP contribution in [0, 0.1) is 11.3 Å². The maximum absolute atomic E-state index is 11.2. The molecule has 0 aromatic carbocycles. The van der Waals surface area contributed by atoms with Gasteiger partial charge in [-0.25, -0.2) is 0 Å². The van der Waals surface area contributed by atoms with Crippen molar-refractivity contribution in [1.82, 2.24) is 0 Å². The van der Waals surface area contributed by atoms with Gasteiger partial charge in [-0.3, -0.25) is 4.79 Å². The number of carbonyl (C=O) groups excluding carboxylic acids is 1. The molecule has 1 saturated heterocycles. The number of esters is 1. The van der Waals surface area contributed by atoms with Crippen LogP contribution in [-0.4, -0.2) is 35.0 Å². The first-order chi connectivity index (χ1) is 7.08. The van der Waals surface area contributed by atoms with Gasteiger partial charge in [0.2, 0.25) is 0 Å². The molecule has 1 saturated carbocycles. The second kappa shape index (κ2) is 3.76. The van der Waals surface area contributed by atoms with Crippen LogP contribution < -0.4 is 0 Å². The van der Waals surface area contributed by atoms with E-state index in [1.54, 1.807) is 0 Å². The van der Waals surface area contributed by atoms with Gasteiger partial charge in [0.15, 0.2) is 0 Å². The second-order valence-corrected chi connectivity index (χ2v) is 4.94. The van der Waals surface area contributed by atoms with Crippen molar-refractivity contribution in [1.29, 1.82) is 0 Å². The summed E-state index contributed by atoms with van der Waals surface area (Å²) in [6.45, 7) is 1.71. The van der Waals surface area contributed by atoms with Crippen LogP contribution in [-0.2, 0) is 9.53 Å². The monoisotopic (exact) mass is 214 g/mol. The summed E-state index contributed by atoms with van der Waals surface area (Å²) in [7, 11) is 0. The molecule has 4 nitrogen and oxygen atoms in total. The predicted octanol–water partition coefficient (Wildman–Crippen LogP) is 0.462. The van der Waals surface area contributed by atoms with Crippen molar-refractivity contribution in [2.45, 2.75) is 44.8 Å². The highest BCUT2D eigenvalue weighted by atomic mass is 16.5. The van der Waals surface area contributed by atoms with Gasteiger partial charge in [0.25, 0.3) is 0 Å². The normalized spacial score (nSPS) is 42.2. The summed E-state index contributed by atoms with van der Waals surface area (Å²) in [5.41, 5.74) is -0.371. The van der Waals surface area contributed by atoms with E-state index in [2.05, 4.69) is 0 Å². The zero-order valence-electron chi connectivity index (χ0n) is 8.98. The Bertz CT molecular complexity index is 265. The van der Waals surface area contributed by atoms with Gasteiger partial charge >= 0.3 is 5.97 Å². The third-order valence-corrected chi connectivity index (χ3v) is 4.10. The summed E-state index contributed by atoms with van der Waals surface area (Å²) in [5.74, 6) is -0.0934. The molecule has 1 aliphatic carbocycles. The number of hydrogen-bond donors (Lipinski definition) is 2. The minimum atomic E-state index is -0.750. The Morgan fingerprint density at radius 3 is 3.07 bits per heavy atom. The van der Waals surface area contributed by atoms with Crippen molar-refractivity contribution < 1.29 is 19.7 Å². The molecule has 4 heteroatoms. The molecule has 0 radical (unpaired) electrons. The molecule has 2 N–H and O–H groups in total. The minimum Gasteiger partial charge on any atom is -0.462 e. The average molecular weight is 214 g/mol. The summed E-state index contributed by atoms with van der Waals surface area (Å²) in [6.07, 6.45) is 2.29. The van der Waals surface area contributed by atoms with Crippen molar-refractivity contribution in [2.75, 3.05) is 6.61 Å². The maximum atomic E-state index is 11.2. The predicted molar refractivity (Wildman–Crippen MR) is 53.0 cm³/mol. The molecule has 2 aliphatic rings.